The van der Waals surface area contributed by atoms with E-state index in [0.717, 1.165) is 17.4 Å². The zero-order valence-corrected chi connectivity index (χ0v) is 12.7. The Morgan fingerprint density at radius 3 is 2.55 bits per heavy atom. The standard InChI is InChI=1S/C13H5Cl3FNOS/c14-8-2-1-3-9(17)11(8)7(5-18)12(19)6-4-10(15)20-13(6)16/h1-4,7H. The highest BCUT2D eigenvalue weighted by atomic mass is 35.5. The molecule has 1 aromatic carbocycles. The van der Waals surface area contributed by atoms with Gasteiger partial charge in [0.05, 0.1) is 16.0 Å². The Morgan fingerprint density at radius 2 is 2.05 bits per heavy atom. The lowest BCUT2D eigenvalue weighted by Gasteiger charge is -2.10. The third-order valence-corrected chi connectivity index (χ3v) is 4.42. The number of carbonyl (C=O) groups excluding carboxylic acids is 1. The summed E-state index contributed by atoms with van der Waals surface area (Å²) in [4.78, 5) is 12.3. The number of thiophene rings is 1. The molecular weight excluding hydrogens is 344 g/mol. The first-order valence-corrected chi connectivity index (χ1v) is 7.23. The number of nitriles is 1. The number of hydrogen-bond donors (Lipinski definition) is 0. The zero-order chi connectivity index (χ0) is 14.9. The van der Waals surface area contributed by atoms with Crippen molar-refractivity contribution in [3.63, 3.8) is 0 Å². The van der Waals surface area contributed by atoms with E-state index in [4.69, 9.17) is 34.8 Å². The van der Waals surface area contributed by atoms with E-state index in [1.165, 1.54) is 18.2 Å². The summed E-state index contributed by atoms with van der Waals surface area (Å²) in [5.41, 5.74) is -0.0624. The average Bonchev–Trinajstić information content (AvgIpc) is 2.72. The molecule has 2 rings (SSSR count). The van der Waals surface area contributed by atoms with Gasteiger partial charge in [0.1, 0.15) is 16.1 Å². The van der Waals surface area contributed by atoms with E-state index >= 15 is 0 Å². The summed E-state index contributed by atoms with van der Waals surface area (Å²) in [5.74, 6) is -2.71. The molecule has 1 heterocycles. The smallest absolute Gasteiger partial charge is 0.187 e. The third-order valence-electron chi connectivity index (χ3n) is 2.60. The summed E-state index contributed by atoms with van der Waals surface area (Å²) < 4.78 is 14.3. The predicted octanol–water partition coefficient (Wildman–Crippen LogP) is 5.34. The van der Waals surface area contributed by atoms with Crippen LogP contribution in [0.5, 0.6) is 0 Å². The fraction of sp³-hybridized carbons (Fsp3) is 0.0769. The minimum atomic E-state index is -1.37. The Morgan fingerprint density at radius 1 is 1.35 bits per heavy atom. The van der Waals surface area contributed by atoms with Crippen LogP contribution in [0.2, 0.25) is 13.7 Å². The fourth-order valence-corrected chi connectivity index (χ4v) is 3.45. The molecule has 20 heavy (non-hydrogen) atoms. The van der Waals surface area contributed by atoms with Gasteiger partial charge in [-0.05, 0) is 18.2 Å². The Bertz CT molecular complexity index is 703. The summed E-state index contributed by atoms with van der Waals surface area (Å²) in [5, 5.41) is 9.21. The van der Waals surface area contributed by atoms with E-state index in [0.29, 0.717) is 4.34 Å². The number of benzene rings is 1. The molecule has 0 radical (unpaired) electrons. The molecule has 2 nitrogen and oxygen atoms in total. The summed E-state index contributed by atoms with van der Waals surface area (Å²) in [7, 11) is 0. The van der Waals surface area contributed by atoms with E-state index in [-0.39, 0.29) is 20.5 Å². The van der Waals surface area contributed by atoms with Crippen LogP contribution in [-0.2, 0) is 0 Å². The number of nitrogens with zero attached hydrogens (tertiary/aromatic N) is 1. The monoisotopic (exact) mass is 347 g/mol. The van der Waals surface area contributed by atoms with Gasteiger partial charge >= 0.3 is 0 Å². The van der Waals surface area contributed by atoms with E-state index in [2.05, 4.69) is 0 Å². The minimum absolute atomic E-state index is 0.0161. The van der Waals surface area contributed by atoms with Gasteiger partial charge in [0.2, 0.25) is 0 Å². The summed E-state index contributed by atoms with van der Waals surface area (Å²) >= 11 is 18.5. The van der Waals surface area contributed by atoms with Crippen LogP contribution >= 0.6 is 46.1 Å². The van der Waals surface area contributed by atoms with Gasteiger partial charge in [-0.15, -0.1) is 11.3 Å². The van der Waals surface area contributed by atoms with E-state index < -0.39 is 17.5 Å². The molecule has 1 atom stereocenters. The molecule has 1 unspecified atom stereocenters. The van der Waals surface area contributed by atoms with Gasteiger partial charge in [-0.25, -0.2) is 4.39 Å². The Balaban J connectivity index is 2.51. The molecule has 0 saturated carbocycles. The lowest BCUT2D eigenvalue weighted by Crippen LogP contribution is -2.13. The van der Waals surface area contributed by atoms with Crippen LogP contribution in [0.1, 0.15) is 21.8 Å². The van der Waals surface area contributed by atoms with Crippen molar-refractivity contribution in [1.82, 2.24) is 0 Å². The maximum Gasteiger partial charge on any atom is 0.187 e. The number of Topliss-reactive ketones (excluding diaryl/α,β-unsaturated/α-hetero) is 1. The quantitative estimate of drug-likeness (QED) is 0.703. The second kappa shape index (κ2) is 6.11. The van der Waals surface area contributed by atoms with Gasteiger partial charge in [0.15, 0.2) is 5.78 Å². The normalized spacial score (nSPS) is 11.9. The number of hydrogen-bond acceptors (Lipinski definition) is 3. The van der Waals surface area contributed by atoms with E-state index in [1.807, 2.05) is 0 Å². The van der Waals surface area contributed by atoms with Crippen LogP contribution in [0.4, 0.5) is 4.39 Å². The number of carbonyl (C=O) groups is 1. The maximum atomic E-state index is 13.8. The molecule has 0 N–H and O–H groups in total. The van der Waals surface area contributed by atoms with Crippen molar-refractivity contribution in [3.8, 4) is 6.07 Å². The molecule has 2 aromatic rings. The van der Waals surface area contributed by atoms with Crippen LogP contribution in [0.3, 0.4) is 0 Å². The molecule has 0 bridgehead atoms. The van der Waals surface area contributed by atoms with Crippen LogP contribution in [0.25, 0.3) is 0 Å². The van der Waals surface area contributed by atoms with Gasteiger partial charge in [-0.2, -0.15) is 5.26 Å². The topological polar surface area (TPSA) is 40.9 Å². The summed E-state index contributed by atoms with van der Waals surface area (Å²) in [6.07, 6.45) is 0. The van der Waals surface area contributed by atoms with Crippen molar-refractivity contribution < 1.29 is 9.18 Å². The predicted molar refractivity (Wildman–Crippen MR) is 78.4 cm³/mol. The van der Waals surface area contributed by atoms with Gasteiger partial charge in [0, 0.05) is 10.6 Å². The molecule has 0 aliphatic rings. The average molecular weight is 349 g/mol. The summed E-state index contributed by atoms with van der Waals surface area (Å²) in [6, 6.07) is 7.07. The first-order chi connectivity index (χ1) is 9.45. The second-order valence-electron chi connectivity index (χ2n) is 3.80. The van der Waals surface area contributed by atoms with Gasteiger partial charge < -0.3 is 0 Å². The van der Waals surface area contributed by atoms with Crippen LogP contribution < -0.4 is 0 Å². The molecule has 0 aliphatic heterocycles. The maximum absolute atomic E-state index is 13.8. The third kappa shape index (κ3) is 2.82. The van der Waals surface area contributed by atoms with Gasteiger partial charge in [-0.1, -0.05) is 40.9 Å². The van der Waals surface area contributed by atoms with Crippen molar-refractivity contribution >= 4 is 51.9 Å². The second-order valence-corrected chi connectivity index (χ2v) is 6.49. The lowest BCUT2D eigenvalue weighted by atomic mass is 9.92. The van der Waals surface area contributed by atoms with E-state index in [1.54, 1.807) is 6.07 Å². The molecule has 0 amide bonds. The fourth-order valence-electron chi connectivity index (χ4n) is 1.70. The van der Waals surface area contributed by atoms with Crippen molar-refractivity contribution in [3.05, 3.63) is 54.9 Å². The highest BCUT2D eigenvalue weighted by molar-refractivity contribution is 7.20. The SMILES string of the molecule is N#CC(C(=O)c1cc(Cl)sc1Cl)c1c(F)cccc1Cl. The van der Waals surface area contributed by atoms with Gasteiger partial charge in [-0.3, -0.25) is 4.79 Å². The van der Waals surface area contributed by atoms with Crippen LogP contribution in [0, 0.1) is 17.1 Å². The van der Waals surface area contributed by atoms with Crippen LogP contribution in [-0.4, -0.2) is 5.78 Å². The first kappa shape index (κ1) is 15.3. The van der Waals surface area contributed by atoms with Crippen molar-refractivity contribution in [2.24, 2.45) is 0 Å². The molecule has 1 aromatic heterocycles. The summed E-state index contributed by atoms with van der Waals surface area (Å²) in [6.45, 7) is 0. The Hall–Kier alpha value is -1.12. The largest absolute Gasteiger partial charge is 0.292 e. The molecule has 102 valence electrons. The number of halogens is 4. The Kier molecular flexibility index (Phi) is 4.66. The molecule has 7 heteroatoms. The molecule has 0 saturated heterocycles. The highest BCUT2D eigenvalue weighted by Crippen LogP contribution is 2.36. The lowest BCUT2D eigenvalue weighted by molar-refractivity contribution is 0.0978. The molecule has 0 aliphatic carbocycles. The minimum Gasteiger partial charge on any atom is -0.292 e. The molecular formula is C13H5Cl3FNOS. The number of ketones is 1. The Labute approximate surface area is 133 Å². The highest BCUT2D eigenvalue weighted by Gasteiger charge is 2.29. The number of rotatable bonds is 3. The zero-order valence-electron chi connectivity index (χ0n) is 9.66. The van der Waals surface area contributed by atoms with Crippen molar-refractivity contribution in [2.75, 3.05) is 0 Å². The molecule has 0 spiro atoms. The molecule has 0 fully saturated rings. The van der Waals surface area contributed by atoms with Crippen LogP contribution in [0.15, 0.2) is 24.3 Å². The van der Waals surface area contributed by atoms with Crippen molar-refractivity contribution in [2.45, 2.75) is 5.92 Å². The van der Waals surface area contributed by atoms with Crippen molar-refractivity contribution in [1.29, 1.82) is 5.26 Å². The van der Waals surface area contributed by atoms with Gasteiger partial charge in [0.25, 0.3) is 0 Å². The van der Waals surface area contributed by atoms with E-state index in [9.17, 15) is 14.4 Å². The first-order valence-electron chi connectivity index (χ1n) is 5.28.